The minimum atomic E-state index is -0.645. The smallest absolute Gasteiger partial charge is 0.258 e. The number of nitrogens with zero attached hydrogens (tertiary/aromatic N) is 2. The third kappa shape index (κ3) is 10.4. The average Bonchev–Trinajstić information content (AvgIpc) is 2.84. The van der Waals surface area contributed by atoms with Crippen molar-refractivity contribution in [1.29, 1.82) is 0 Å². The number of benzene rings is 1. The summed E-state index contributed by atoms with van der Waals surface area (Å²) >= 11 is 0. The highest BCUT2D eigenvalue weighted by Crippen LogP contribution is 2.28. The van der Waals surface area contributed by atoms with Gasteiger partial charge in [0, 0.05) is 33.1 Å². The van der Waals surface area contributed by atoms with Crippen LogP contribution in [0.25, 0.3) is 0 Å². The zero-order valence-corrected chi connectivity index (χ0v) is 22.6. The molecular formula is C27H44N4O5. The van der Waals surface area contributed by atoms with Gasteiger partial charge in [0.05, 0.1) is 7.11 Å². The van der Waals surface area contributed by atoms with Crippen LogP contribution >= 0.6 is 0 Å². The minimum absolute atomic E-state index is 0.0203. The topological polar surface area (TPSA) is 100 Å². The second-order valence-corrected chi connectivity index (χ2v) is 9.93. The molecular weight excluding hydrogens is 460 g/mol. The van der Waals surface area contributed by atoms with E-state index in [1.807, 2.05) is 6.07 Å². The fourth-order valence-corrected chi connectivity index (χ4v) is 4.29. The number of hydrogen-bond acceptors (Lipinski definition) is 6. The molecule has 1 aliphatic rings. The first kappa shape index (κ1) is 29.4. The van der Waals surface area contributed by atoms with Gasteiger partial charge in [0.2, 0.25) is 11.8 Å². The maximum absolute atomic E-state index is 12.7. The predicted octanol–water partition coefficient (Wildman–Crippen LogP) is 2.23. The lowest BCUT2D eigenvalue weighted by Gasteiger charge is -2.26. The van der Waals surface area contributed by atoms with Crippen molar-refractivity contribution in [2.45, 2.75) is 58.9 Å². The first-order chi connectivity index (χ1) is 17.2. The lowest BCUT2D eigenvalue weighted by molar-refractivity contribution is -0.135. The number of methoxy groups -OCH3 is 1. The summed E-state index contributed by atoms with van der Waals surface area (Å²) in [7, 11) is 3.30. The molecule has 0 fully saturated rings. The van der Waals surface area contributed by atoms with Crippen molar-refractivity contribution in [1.82, 2.24) is 20.4 Å². The number of aryl methyl sites for hydroxylation is 1. The van der Waals surface area contributed by atoms with Gasteiger partial charge in [0.1, 0.15) is 6.04 Å². The Hall–Kier alpha value is -2.81. The lowest BCUT2D eigenvalue weighted by atomic mass is 10.1. The normalized spacial score (nSPS) is 20.6. The van der Waals surface area contributed by atoms with Gasteiger partial charge in [-0.1, -0.05) is 19.9 Å². The number of carbonyl (C=O) groups is 3. The van der Waals surface area contributed by atoms with E-state index in [4.69, 9.17) is 9.47 Å². The van der Waals surface area contributed by atoms with Crippen LogP contribution in [0.1, 0.15) is 52.0 Å². The third-order valence-electron chi connectivity index (χ3n) is 6.17. The van der Waals surface area contributed by atoms with Gasteiger partial charge in [0.25, 0.3) is 5.91 Å². The van der Waals surface area contributed by atoms with E-state index in [2.05, 4.69) is 29.4 Å². The fraction of sp³-hybridized carbons (Fsp3) is 0.667. The molecule has 0 saturated heterocycles. The van der Waals surface area contributed by atoms with Gasteiger partial charge in [-0.3, -0.25) is 14.4 Å². The molecule has 0 spiro atoms. The highest BCUT2D eigenvalue weighted by atomic mass is 16.5. The Morgan fingerprint density at radius 2 is 1.78 bits per heavy atom. The maximum atomic E-state index is 12.7. The zero-order valence-electron chi connectivity index (χ0n) is 22.6. The van der Waals surface area contributed by atoms with E-state index in [1.54, 1.807) is 31.0 Å². The van der Waals surface area contributed by atoms with Crippen LogP contribution in [0.15, 0.2) is 18.2 Å². The molecule has 1 aromatic rings. The van der Waals surface area contributed by atoms with E-state index in [-0.39, 0.29) is 24.3 Å². The molecule has 3 amide bonds. The van der Waals surface area contributed by atoms with Crippen molar-refractivity contribution in [3.05, 3.63) is 23.8 Å². The number of likely N-dealkylation sites (N-methyl/N-ethyl adjacent to an activating group) is 1. The molecule has 0 aromatic heterocycles. The van der Waals surface area contributed by atoms with Crippen LogP contribution < -0.4 is 20.1 Å². The molecule has 0 aliphatic carbocycles. The van der Waals surface area contributed by atoms with E-state index in [1.165, 1.54) is 7.11 Å². The molecule has 0 radical (unpaired) electrons. The van der Waals surface area contributed by atoms with Gasteiger partial charge in [-0.25, -0.2) is 0 Å². The molecule has 2 bridgehead atoms. The summed E-state index contributed by atoms with van der Waals surface area (Å²) in [4.78, 5) is 41.7. The summed E-state index contributed by atoms with van der Waals surface area (Å²) in [5.41, 5.74) is 0.914. The summed E-state index contributed by atoms with van der Waals surface area (Å²) in [6, 6.07) is 4.80. The number of hydrogen-bond donors (Lipinski definition) is 2. The standard InChI is InChI=1S/C27H44N4O5/c1-20(2)18-31-15-7-6-14-30(4)27(34)21(3)29-26(33)19-36-24-17-22(9-11-23(24)35-5)10-12-25(32)28-13-8-16-31/h9,11,17,20-21H,6-8,10,12-16,18-19H2,1-5H3,(H,28,32)(H,29,33)/t21-/m0/s1. The second-order valence-electron chi connectivity index (χ2n) is 9.93. The summed E-state index contributed by atoms with van der Waals surface area (Å²) < 4.78 is 11.0. The number of fused-ring (bicyclic) bond motifs is 2. The fourth-order valence-electron chi connectivity index (χ4n) is 4.29. The monoisotopic (exact) mass is 504 g/mol. The molecule has 0 unspecified atom stereocenters. The highest BCUT2D eigenvalue weighted by Gasteiger charge is 2.20. The van der Waals surface area contributed by atoms with E-state index in [0.717, 1.165) is 44.5 Å². The van der Waals surface area contributed by atoms with Crippen molar-refractivity contribution in [2.24, 2.45) is 5.92 Å². The van der Waals surface area contributed by atoms with Crippen LogP contribution in [0.4, 0.5) is 0 Å². The molecule has 1 aromatic carbocycles. The average molecular weight is 505 g/mol. The number of ether oxygens (including phenoxy) is 2. The van der Waals surface area contributed by atoms with Crippen LogP contribution in [0.3, 0.4) is 0 Å². The van der Waals surface area contributed by atoms with E-state index >= 15 is 0 Å². The largest absolute Gasteiger partial charge is 0.493 e. The van der Waals surface area contributed by atoms with Crippen LogP contribution in [0.2, 0.25) is 0 Å². The lowest BCUT2D eigenvalue weighted by Crippen LogP contribution is -2.47. The summed E-state index contributed by atoms with van der Waals surface area (Å²) in [6.07, 6.45) is 3.68. The van der Waals surface area contributed by atoms with E-state index in [0.29, 0.717) is 43.3 Å². The molecule has 0 saturated carbocycles. The van der Waals surface area contributed by atoms with Crippen LogP contribution in [-0.2, 0) is 20.8 Å². The van der Waals surface area contributed by atoms with Gasteiger partial charge < -0.3 is 29.9 Å². The maximum Gasteiger partial charge on any atom is 0.258 e. The second kappa shape index (κ2) is 15.3. The van der Waals surface area contributed by atoms with Crippen LogP contribution in [-0.4, -0.2) is 87.1 Å². The summed E-state index contributed by atoms with van der Waals surface area (Å²) in [5, 5.41) is 5.75. The van der Waals surface area contributed by atoms with Crippen molar-refractivity contribution in [2.75, 3.05) is 53.5 Å². The Balaban J connectivity index is 2.09. The van der Waals surface area contributed by atoms with Crippen molar-refractivity contribution < 1.29 is 23.9 Å². The van der Waals surface area contributed by atoms with Gasteiger partial charge in [0.15, 0.2) is 18.1 Å². The molecule has 9 nitrogen and oxygen atoms in total. The molecule has 2 N–H and O–H groups in total. The third-order valence-corrected chi connectivity index (χ3v) is 6.17. The predicted molar refractivity (Wildman–Crippen MR) is 140 cm³/mol. The molecule has 1 aliphatic heterocycles. The molecule has 202 valence electrons. The Labute approximate surface area is 215 Å². The summed E-state index contributed by atoms with van der Waals surface area (Å²) in [6.45, 7) is 10.0. The first-order valence-electron chi connectivity index (χ1n) is 13.0. The molecule has 1 atom stereocenters. The Morgan fingerprint density at radius 3 is 2.50 bits per heavy atom. The van der Waals surface area contributed by atoms with Gasteiger partial charge in [-0.15, -0.1) is 0 Å². The summed E-state index contributed by atoms with van der Waals surface area (Å²) in [5.74, 6) is 0.994. The van der Waals surface area contributed by atoms with E-state index < -0.39 is 6.04 Å². The quantitative estimate of drug-likeness (QED) is 0.655. The van der Waals surface area contributed by atoms with Crippen LogP contribution in [0.5, 0.6) is 11.5 Å². The van der Waals surface area contributed by atoms with Gasteiger partial charge in [-0.05, 0) is 69.3 Å². The number of nitrogens with one attached hydrogen (secondary N) is 2. The minimum Gasteiger partial charge on any atom is -0.493 e. The number of amides is 3. The zero-order chi connectivity index (χ0) is 26.5. The van der Waals surface area contributed by atoms with Crippen LogP contribution in [0, 0.1) is 5.92 Å². The van der Waals surface area contributed by atoms with Gasteiger partial charge in [-0.2, -0.15) is 0 Å². The Bertz CT molecular complexity index is 861. The van der Waals surface area contributed by atoms with Crippen molar-refractivity contribution >= 4 is 17.7 Å². The molecule has 36 heavy (non-hydrogen) atoms. The first-order valence-corrected chi connectivity index (χ1v) is 13.0. The van der Waals surface area contributed by atoms with Crippen molar-refractivity contribution in [3.8, 4) is 11.5 Å². The number of carbonyl (C=O) groups excluding carboxylic acids is 3. The Kier molecular flexibility index (Phi) is 12.5. The van der Waals surface area contributed by atoms with Gasteiger partial charge >= 0.3 is 0 Å². The van der Waals surface area contributed by atoms with E-state index in [9.17, 15) is 14.4 Å². The number of rotatable bonds is 3. The molecule has 1 heterocycles. The highest BCUT2D eigenvalue weighted by molar-refractivity contribution is 5.87. The molecule has 9 heteroatoms. The SMILES string of the molecule is COc1ccc2cc1OCC(=O)N[C@@H](C)C(=O)N(C)CCCCN(CC(C)C)CCCNC(=O)CC2. The van der Waals surface area contributed by atoms with Crippen molar-refractivity contribution in [3.63, 3.8) is 0 Å². The Morgan fingerprint density at radius 1 is 1.06 bits per heavy atom. The molecule has 2 rings (SSSR count).